The highest BCUT2D eigenvalue weighted by Crippen LogP contribution is 2.18. The minimum Gasteiger partial charge on any atom is -0.378 e. The summed E-state index contributed by atoms with van der Waals surface area (Å²) in [4.78, 5) is 28.6. The zero-order valence-corrected chi connectivity index (χ0v) is 13.3. The number of anilines is 2. The Morgan fingerprint density at radius 1 is 0.682 bits per heavy atom. The number of benzene rings is 2. The number of nitrogens with zero attached hydrogens (tertiary/aromatic N) is 2. The largest absolute Gasteiger partial charge is 0.378 e. The predicted molar refractivity (Wildman–Crippen MR) is 90.2 cm³/mol. The molecule has 2 rings (SSSR count). The van der Waals surface area contributed by atoms with Crippen LogP contribution in [0.5, 0.6) is 0 Å². The van der Waals surface area contributed by atoms with E-state index in [1.807, 2.05) is 50.1 Å². The predicted octanol–water partition coefficient (Wildman–Crippen LogP) is 2.88. The summed E-state index contributed by atoms with van der Waals surface area (Å²) in [7, 11) is 7.58. The van der Waals surface area contributed by atoms with Gasteiger partial charge in [0.1, 0.15) is 0 Å². The highest BCUT2D eigenvalue weighted by molar-refractivity contribution is 6.49. The van der Waals surface area contributed by atoms with Crippen LogP contribution >= 0.6 is 0 Å². The van der Waals surface area contributed by atoms with Crippen molar-refractivity contribution in [2.45, 2.75) is 0 Å². The van der Waals surface area contributed by atoms with E-state index in [1.54, 1.807) is 36.4 Å². The van der Waals surface area contributed by atoms with Gasteiger partial charge < -0.3 is 9.80 Å². The van der Waals surface area contributed by atoms with Crippen LogP contribution in [0.3, 0.4) is 0 Å². The fourth-order valence-electron chi connectivity index (χ4n) is 2.11. The van der Waals surface area contributed by atoms with Gasteiger partial charge in [0, 0.05) is 50.7 Å². The van der Waals surface area contributed by atoms with Gasteiger partial charge in [-0.1, -0.05) is 24.3 Å². The second kappa shape index (κ2) is 6.43. The Kier molecular flexibility index (Phi) is 4.61. The molecule has 22 heavy (non-hydrogen) atoms. The summed E-state index contributed by atoms with van der Waals surface area (Å²) in [5.41, 5.74) is 2.60. The molecule has 4 heteroatoms. The lowest BCUT2D eigenvalue weighted by molar-refractivity contribution is 0.0817. The van der Waals surface area contributed by atoms with E-state index in [1.165, 1.54) is 0 Å². The molecule has 0 saturated carbocycles. The van der Waals surface area contributed by atoms with E-state index >= 15 is 0 Å². The molecule has 2 aromatic rings. The monoisotopic (exact) mass is 296 g/mol. The number of ketones is 2. The zero-order valence-electron chi connectivity index (χ0n) is 13.3. The van der Waals surface area contributed by atoms with Crippen LogP contribution < -0.4 is 9.80 Å². The van der Waals surface area contributed by atoms with Crippen LogP contribution in [0.25, 0.3) is 0 Å². The second-order valence-electron chi connectivity index (χ2n) is 5.55. The van der Waals surface area contributed by atoms with E-state index in [2.05, 4.69) is 0 Å². The summed E-state index contributed by atoms with van der Waals surface area (Å²) >= 11 is 0. The minimum absolute atomic E-state index is 0.409. The Labute approximate surface area is 131 Å². The summed E-state index contributed by atoms with van der Waals surface area (Å²) < 4.78 is 0. The molecule has 0 unspecified atom stereocenters. The third-order valence-electron chi connectivity index (χ3n) is 3.46. The normalized spacial score (nSPS) is 10.2. The Morgan fingerprint density at radius 2 is 1.05 bits per heavy atom. The lowest BCUT2D eigenvalue weighted by Crippen LogP contribution is -2.17. The molecule has 2 aromatic carbocycles. The van der Waals surface area contributed by atoms with Gasteiger partial charge in [-0.2, -0.15) is 0 Å². The molecule has 0 bridgehead atoms. The van der Waals surface area contributed by atoms with Gasteiger partial charge in [0.2, 0.25) is 11.6 Å². The first kappa shape index (κ1) is 15.8. The topological polar surface area (TPSA) is 40.6 Å². The standard InChI is InChI=1S/C18H20N2O2/c1-19(2)15-9-5-7-13(11-15)17(21)18(22)14-8-6-10-16(12-14)20(3)4/h5-12H,1-4H3. The van der Waals surface area contributed by atoms with Gasteiger partial charge in [0.25, 0.3) is 0 Å². The molecular weight excluding hydrogens is 276 g/mol. The van der Waals surface area contributed by atoms with E-state index in [9.17, 15) is 9.59 Å². The van der Waals surface area contributed by atoms with Crippen LogP contribution in [-0.4, -0.2) is 39.8 Å². The van der Waals surface area contributed by atoms with Crippen molar-refractivity contribution in [2.75, 3.05) is 38.0 Å². The number of carbonyl (C=O) groups excluding carboxylic acids is 2. The Bertz CT molecular complexity index is 644. The molecule has 4 nitrogen and oxygen atoms in total. The van der Waals surface area contributed by atoms with Gasteiger partial charge in [-0.3, -0.25) is 9.59 Å². The van der Waals surface area contributed by atoms with E-state index in [4.69, 9.17) is 0 Å². The van der Waals surface area contributed by atoms with Gasteiger partial charge in [-0.25, -0.2) is 0 Å². The molecular formula is C18H20N2O2. The minimum atomic E-state index is -0.486. The van der Waals surface area contributed by atoms with Gasteiger partial charge in [-0.05, 0) is 24.3 Å². The van der Waals surface area contributed by atoms with Gasteiger partial charge in [0.05, 0.1) is 0 Å². The first-order valence-electron chi connectivity index (χ1n) is 7.04. The second-order valence-corrected chi connectivity index (χ2v) is 5.55. The quantitative estimate of drug-likeness (QED) is 0.628. The molecule has 0 aliphatic rings. The highest BCUT2D eigenvalue weighted by atomic mass is 16.2. The summed E-state index contributed by atoms with van der Waals surface area (Å²) in [6.45, 7) is 0. The number of carbonyl (C=O) groups is 2. The molecule has 0 heterocycles. The Morgan fingerprint density at radius 3 is 1.36 bits per heavy atom. The van der Waals surface area contributed by atoms with Crippen molar-refractivity contribution in [1.29, 1.82) is 0 Å². The average molecular weight is 296 g/mol. The molecule has 114 valence electrons. The van der Waals surface area contributed by atoms with Crippen LogP contribution in [-0.2, 0) is 0 Å². The van der Waals surface area contributed by atoms with Crippen molar-refractivity contribution in [1.82, 2.24) is 0 Å². The van der Waals surface area contributed by atoms with E-state index in [0.29, 0.717) is 11.1 Å². The third-order valence-corrected chi connectivity index (χ3v) is 3.46. The molecule has 0 fully saturated rings. The van der Waals surface area contributed by atoms with E-state index in [-0.39, 0.29) is 0 Å². The number of rotatable bonds is 5. The maximum absolute atomic E-state index is 12.4. The first-order chi connectivity index (χ1) is 10.4. The molecule has 0 aromatic heterocycles. The van der Waals surface area contributed by atoms with Crippen LogP contribution in [0.4, 0.5) is 11.4 Å². The summed E-state index contributed by atoms with van der Waals surface area (Å²) in [5.74, 6) is -0.973. The summed E-state index contributed by atoms with van der Waals surface area (Å²) in [5, 5.41) is 0. The number of hydrogen-bond donors (Lipinski definition) is 0. The van der Waals surface area contributed by atoms with E-state index < -0.39 is 11.6 Å². The molecule has 0 saturated heterocycles. The van der Waals surface area contributed by atoms with Crippen LogP contribution in [0, 0.1) is 0 Å². The summed E-state index contributed by atoms with van der Waals surface area (Å²) in [6, 6.07) is 14.2. The van der Waals surface area contributed by atoms with Crippen molar-refractivity contribution in [2.24, 2.45) is 0 Å². The first-order valence-corrected chi connectivity index (χ1v) is 7.04. The third kappa shape index (κ3) is 3.34. The van der Waals surface area contributed by atoms with Crippen LogP contribution in [0.1, 0.15) is 20.7 Å². The fraction of sp³-hybridized carbons (Fsp3) is 0.222. The lowest BCUT2D eigenvalue weighted by atomic mass is 10.0. The summed E-state index contributed by atoms with van der Waals surface area (Å²) in [6.07, 6.45) is 0. The molecule has 0 aliphatic heterocycles. The van der Waals surface area contributed by atoms with Gasteiger partial charge in [-0.15, -0.1) is 0 Å². The van der Waals surface area contributed by atoms with Gasteiger partial charge in [0.15, 0.2) is 0 Å². The smallest absolute Gasteiger partial charge is 0.233 e. The highest BCUT2D eigenvalue weighted by Gasteiger charge is 2.19. The van der Waals surface area contributed by atoms with Crippen molar-refractivity contribution in [3.05, 3.63) is 59.7 Å². The molecule has 0 radical (unpaired) electrons. The molecule has 0 atom stereocenters. The van der Waals surface area contributed by atoms with Crippen molar-refractivity contribution in [3.8, 4) is 0 Å². The fourth-order valence-corrected chi connectivity index (χ4v) is 2.11. The Balaban J connectivity index is 2.31. The Hall–Kier alpha value is -2.62. The van der Waals surface area contributed by atoms with Crippen molar-refractivity contribution in [3.63, 3.8) is 0 Å². The molecule has 0 N–H and O–H groups in total. The maximum atomic E-state index is 12.4. The van der Waals surface area contributed by atoms with Gasteiger partial charge >= 0.3 is 0 Å². The average Bonchev–Trinajstić information content (AvgIpc) is 2.53. The van der Waals surface area contributed by atoms with Crippen LogP contribution in [0.15, 0.2) is 48.5 Å². The van der Waals surface area contributed by atoms with E-state index in [0.717, 1.165) is 11.4 Å². The van der Waals surface area contributed by atoms with Crippen LogP contribution in [0.2, 0.25) is 0 Å². The number of hydrogen-bond acceptors (Lipinski definition) is 4. The molecule has 0 aliphatic carbocycles. The number of Topliss-reactive ketones (excluding diaryl/α,β-unsaturated/α-hetero) is 2. The zero-order chi connectivity index (χ0) is 16.3. The molecule has 0 spiro atoms. The lowest BCUT2D eigenvalue weighted by Gasteiger charge is -2.14. The maximum Gasteiger partial charge on any atom is 0.233 e. The van der Waals surface area contributed by atoms with Crippen molar-refractivity contribution >= 4 is 22.9 Å². The SMILES string of the molecule is CN(C)c1cccc(C(=O)C(=O)c2cccc(N(C)C)c2)c1. The van der Waals surface area contributed by atoms with Crippen molar-refractivity contribution < 1.29 is 9.59 Å². The molecule has 0 amide bonds.